The summed E-state index contributed by atoms with van der Waals surface area (Å²) in [5.74, 6) is 8.54. The number of ether oxygens (including phenoxy) is 2. The van der Waals surface area contributed by atoms with Crippen molar-refractivity contribution >= 4 is 15.9 Å². The molecule has 0 spiro atoms. The minimum absolute atomic E-state index is 0.300. The van der Waals surface area contributed by atoms with E-state index in [9.17, 15) is 0 Å². The van der Waals surface area contributed by atoms with Crippen molar-refractivity contribution in [2.75, 3.05) is 14.2 Å². The van der Waals surface area contributed by atoms with Gasteiger partial charge in [-0.25, -0.2) is 0 Å². The van der Waals surface area contributed by atoms with Crippen LogP contribution in [-0.4, -0.2) is 14.2 Å². The van der Waals surface area contributed by atoms with Crippen LogP contribution in [0.4, 0.5) is 0 Å². The van der Waals surface area contributed by atoms with Gasteiger partial charge in [0.25, 0.3) is 0 Å². The van der Waals surface area contributed by atoms with E-state index < -0.39 is 0 Å². The van der Waals surface area contributed by atoms with E-state index in [0.717, 1.165) is 22.4 Å². The standard InChI is InChI=1S/C16H21BrO2/c1-6-7-8-11(2)12(3)13-9-15(18-4)16(19-5)10-14(13)17/h9-12H,6H2,1-5H3. The third kappa shape index (κ3) is 3.91. The number of methoxy groups -OCH3 is 2. The molecule has 2 unspecified atom stereocenters. The van der Waals surface area contributed by atoms with Crippen molar-refractivity contribution < 1.29 is 9.47 Å². The molecule has 0 fully saturated rings. The molecule has 104 valence electrons. The lowest BCUT2D eigenvalue weighted by Crippen LogP contribution is -2.06. The van der Waals surface area contributed by atoms with Crippen molar-refractivity contribution in [1.29, 1.82) is 0 Å². The van der Waals surface area contributed by atoms with E-state index in [1.807, 2.05) is 12.1 Å². The Labute approximate surface area is 124 Å². The summed E-state index contributed by atoms with van der Waals surface area (Å²) in [5.41, 5.74) is 1.19. The van der Waals surface area contributed by atoms with Crippen molar-refractivity contribution in [2.24, 2.45) is 5.92 Å². The summed E-state index contributed by atoms with van der Waals surface area (Å²) in [6.45, 7) is 6.40. The van der Waals surface area contributed by atoms with Gasteiger partial charge in [0.1, 0.15) is 0 Å². The first-order chi connectivity index (χ1) is 9.04. The Morgan fingerprint density at radius 2 is 1.74 bits per heavy atom. The van der Waals surface area contributed by atoms with E-state index in [4.69, 9.17) is 9.47 Å². The summed E-state index contributed by atoms with van der Waals surface area (Å²) >= 11 is 3.60. The van der Waals surface area contributed by atoms with Gasteiger partial charge < -0.3 is 9.47 Å². The van der Waals surface area contributed by atoms with Crippen LogP contribution in [0.15, 0.2) is 16.6 Å². The van der Waals surface area contributed by atoms with Gasteiger partial charge in [-0.3, -0.25) is 0 Å². The van der Waals surface area contributed by atoms with E-state index in [1.54, 1.807) is 14.2 Å². The highest BCUT2D eigenvalue weighted by Gasteiger charge is 2.18. The highest BCUT2D eigenvalue weighted by molar-refractivity contribution is 9.10. The SMILES string of the molecule is CCC#CC(C)C(C)c1cc(OC)c(OC)cc1Br. The lowest BCUT2D eigenvalue weighted by atomic mass is 9.89. The summed E-state index contributed by atoms with van der Waals surface area (Å²) in [7, 11) is 3.29. The zero-order valence-electron chi connectivity index (χ0n) is 12.2. The van der Waals surface area contributed by atoms with Crippen LogP contribution in [0.1, 0.15) is 38.7 Å². The molecule has 0 radical (unpaired) electrons. The topological polar surface area (TPSA) is 18.5 Å². The van der Waals surface area contributed by atoms with E-state index in [-0.39, 0.29) is 0 Å². The predicted octanol–water partition coefficient (Wildman–Crippen LogP) is 4.62. The first-order valence-electron chi connectivity index (χ1n) is 6.44. The van der Waals surface area contributed by atoms with Gasteiger partial charge in [-0.2, -0.15) is 0 Å². The number of hydrogen-bond acceptors (Lipinski definition) is 2. The molecule has 0 aromatic heterocycles. The number of halogens is 1. The number of benzene rings is 1. The van der Waals surface area contributed by atoms with E-state index >= 15 is 0 Å². The van der Waals surface area contributed by atoms with Crippen LogP contribution in [0.3, 0.4) is 0 Å². The van der Waals surface area contributed by atoms with Gasteiger partial charge in [-0.15, -0.1) is 5.92 Å². The molecule has 0 aliphatic heterocycles. The van der Waals surface area contributed by atoms with Crippen LogP contribution in [0.5, 0.6) is 11.5 Å². The third-order valence-corrected chi connectivity index (χ3v) is 3.94. The van der Waals surface area contributed by atoms with Crippen LogP contribution >= 0.6 is 15.9 Å². The smallest absolute Gasteiger partial charge is 0.161 e. The minimum atomic E-state index is 0.300. The van der Waals surface area contributed by atoms with Gasteiger partial charge in [-0.1, -0.05) is 42.6 Å². The summed E-state index contributed by atoms with van der Waals surface area (Å²) in [6.07, 6.45) is 0.893. The molecule has 0 aliphatic carbocycles. The molecule has 0 N–H and O–H groups in total. The molecule has 3 heteroatoms. The Bertz CT molecular complexity index is 486. The molecule has 19 heavy (non-hydrogen) atoms. The van der Waals surface area contributed by atoms with Crippen molar-refractivity contribution in [1.82, 2.24) is 0 Å². The summed E-state index contributed by atoms with van der Waals surface area (Å²) in [6, 6.07) is 3.97. The Morgan fingerprint density at radius 1 is 1.16 bits per heavy atom. The highest BCUT2D eigenvalue weighted by atomic mass is 79.9. The maximum absolute atomic E-state index is 5.36. The fraction of sp³-hybridized carbons (Fsp3) is 0.500. The predicted molar refractivity (Wildman–Crippen MR) is 82.9 cm³/mol. The highest BCUT2D eigenvalue weighted by Crippen LogP contribution is 2.38. The van der Waals surface area contributed by atoms with Crippen LogP contribution in [-0.2, 0) is 0 Å². The zero-order chi connectivity index (χ0) is 14.4. The summed E-state index contributed by atoms with van der Waals surface area (Å²) in [4.78, 5) is 0. The Kier molecular flexibility index (Phi) is 6.24. The van der Waals surface area contributed by atoms with Gasteiger partial charge >= 0.3 is 0 Å². The Balaban J connectivity index is 3.12. The lowest BCUT2D eigenvalue weighted by molar-refractivity contribution is 0.353. The van der Waals surface area contributed by atoms with Crippen LogP contribution in [0.25, 0.3) is 0 Å². The second-order valence-electron chi connectivity index (χ2n) is 4.48. The van der Waals surface area contributed by atoms with E-state index in [1.165, 1.54) is 5.56 Å². The average Bonchev–Trinajstić information content (AvgIpc) is 2.43. The molecule has 0 heterocycles. The molecule has 0 bridgehead atoms. The van der Waals surface area contributed by atoms with Gasteiger partial charge in [0, 0.05) is 16.8 Å². The maximum Gasteiger partial charge on any atom is 0.161 e. The first-order valence-corrected chi connectivity index (χ1v) is 7.24. The molecular formula is C16H21BrO2. The molecule has 2 nitrogen and oxygen atoms in total. The van der Waals surface area contributed by atoms with Gasteiger partial charge in [-0.05, 0) is 23.6 Å². The zero-order valence-corrected chi connectivity index (χ0v) is 13.8. The summed E-state index contributed by atoms with van der Waals surface area (Å²) < 4.78 is 11.7. The molecule has 1 rings (SSSR count). The monoisotopic (exact) mass is 324 g/mol. The van der Waals surface area contributed by atoms with Crippen molar-refractivity contribution in [2.45, 2.75) is 33.1 Å². The number of hydrogen-bond donors (Lipinski definition) is 0. The average molecular weight is 325 g/mol. The largest absolute Gasteiger partial charge is 0.493 e. The van der Waals surface area contributed by atoms with Crippen molar-refractivity contribution in [3.63, 3.8) is 0 Å². The minimum Gasteiger partial charge on any atom is -0.493 e. The molecule has 1 aromatic rings. The second-order valence-corrected chi connectivity index (χ2v) is 5.34. The van der Waals surface area contributed by atoms with Crippen LogP contribution < -0.4 is 9.47 Å². The Hall–Kier alpha value is -1.14. The normalized spacial score (nSPS) is 13.2. The molecule has 0 amide bonds. The molecule has 0 saturated carbocycles. The molecular weight excluding hydrogens is 304 g/mol. The van der Waals surface area contributed by atoms with E-state index in [2.05, 4.69) is 48.5 Å². The third-order valence-electron chi connectivity index (χ3n) is 3.25. The van der Waals surface area contributed by atoms with Crippen LogP contribution in [0, 0.1) is 17.8 Å². The van der Waals surface area contributed by atoms with Crippen molar-refractivity contribution in [3.8, 4) is 23.3 Å². The van der Waals surface area contributed by atoms with Crippen LogP contribution in [0.2, 0.25) is 0 Å². The van der Waals surface area contributed by atoms with E-state index in [0.29, 0.717) is 11.8 Å². The van der Waals surface area contributed by atoms with Gasteiger partial charge in [0.05, 0.1) is 14.2 Å². The maximum atomic E-state index is 5.36. The summed E-state index contributed by atoms with van der Waals surface area (Å²) in [5, 5.41) is 0. The molecule has 1 aromatic carbocycles. The van der Waals surface area contributed by atoms with Crippen molar-refractivity contribution in [3.05, 3.63) is 22.2 Å². The van der Waals surface area contributed by atoms with Gasteiger partial charge in [0.2, 0.25) is 0 Å². The lowest BCUT2D eigenvalue weighted by Gasteiger charge is -2.19. The molecule has 0 saturated heterocycles. The first kappa shape index (κ1) is 15.9. The quantitative estimate of drug-likeness (QED) is 0.752. The Morgan fingerprint density at radius 3 is 2.26 bits per heavy atom. The fourth-order valence-electron chi connectivity index (χ4n) is 1.88. The molecule has 2 atom stereocenters. The van der Waals surface area contributed by atoms with Gasteiger partial charge in [0.15, 0.2) is 11.5 Å². The number of rotatable bonds is 4. The second kappa shape index (κ2) is 7.45. The molecule has 0 aliphatic rings. The fourth-order valence-corrected chi connectivity index (χ4v) is 2.56.